The first kappa shape index (κ1) is 14.0. The Labute approximate surface area is 125 Å². The van der Waals surface area contributed by atoms with Crippen LogP contribution in [0.15, 0.2) is 30.6 Å². The van der Waals surface area contributed by atoms with Crippen molar-refractivity contribution >= 4 is 23.2 Å². The van der Waals surface area contributed by atoms with Gasteiger partial charge in [0.05, 0.1) is 35.1 Å². The predicted molar refractivity (Wildman–Crippen MR) is 76.1 cm³/mol. The lowest BCUT2D eigenvalue weighted by Gasteiger charge is -2.07. The number of halogens is 2. The number of aromatic nitrogens is 2. The molecule has 7 heteroatoms. The fraction of sp³-hybridized carbons (Fsp3) is 0.286. The molecule has 1 amide bonds. The number of carbonyl (C=O) groups excluding carboxylic acids is 1. The summed E-state index contributed by atoms with van der Waals surface area (Å²) in [4.78, 5) is 12.1. The third-order valence-corrected chi connectivity index (χ3v) is 3.64. The van der Waals surface area contributed by atoms with E-state index in [-0.39, 0.29) is 16.6 Å². The van der Waals surface area contributed by atoms with Crippen LogP contribution in [0.1, 0.15) is 22.8 Å². The van der Waals surface area contributed by atoms with Gasteiger partial charge in [-0.1, -0.05) is 17.7 Å². The number of hydrogen-bond acceptors (Lipinski definition) is 3. The molecule has 1 saturated heterocycles. The quantitative estimate of drug-likeness (QED) is 0.948. The maximum absolute atomic E-state index is 13.7. The number of nitrogens with zero attached hydrogens (tertiary/aromatic N) is 2. The summed E-state index contributed by atoms with van der Waals surface area (Å²) in [7, 11) is 0. The van der Waals surface area contributed by atoms with Crippen LogP contribution in [-0.2, 0) is 4.74 Å². The largest absolute Gasteiger partial charge is 0.379 e. The third kappa shape index (κ3) is 2.91. The molecule has 0 radical (unpaired) electrons. The molecule has 5 nitrogen and oxygen atoms in total. The van der Waals surface area contributed by atoms with Gasteiger partial charge in [0.2, 0.25) is 0 Å². The number of amides is 1. The Morgan fingerprint density at radius 2 is 2.38 bits per heavy atom. The fourth-order valence-corrected chi connectivity index (χ4v) is 2.49. The maximum Gasteiger partial charge on any atom is 0.260 e. The average molecular weight is 310 g/mol. The standard InChI is InChI=1S/C14H13ClFN3O2/c15-11-2-1-3-12(16)13(11)14(20)18-9-6-17-19(7-9)10-4-5-21-8-10/h1-3,6-7,10H,4-5,8H2,(H,18,20)/t10-/m1/s1. The maximum atomic E-state index is 13.7. The number of benzene rings is 1. The summed E-state index contributed by atoms with van der Waals surface area (Å²) < 4.78 is 20.7. The second kappa shape index (κ2) is 5.83. The van der Waals surface area contributed by atoms with Gasteiger partial charge in [-0.25, -0.2) is 4.39 Å². The summed E-state index contributed by atoms with van der Waals surface area (Å²) in [5.74, 6) is -1.25. The summed E-state index contributed by atoms with van der Waals surface area (Å²) in [5, 5.41) is 6.85. The number of nitrogens with one attached hydrogen (secondary N) is 1. The van der Waals surface area contributed by atoms with Gasteiger partial charge in [-0.15, -0.1) is 0 Å². The minimum atomic E-state index is -0.656. The van der Waals surface area contributed by atoms with Gasteiger partial charge >= 0.3 is 0 Å². The van der Waals surface area contributed by atoms with Crippen molar-refractivity contribution in [2.45, 2.75) is 12.5 Å². The van der Waals surface area contributed by atoms with Gasteiger partial charge in [0, 0.05) is 12.8 Å². The molecule has 0 bridgehead atoms. The van der Waals surface area contributed by atoms with Gasteiger partial charge in [-0.3, -0.25) is 9.48 Å². The van der Waals surface area contributed by atoms with Crippen molar-refractivity contribution in [1.29, 1.82) is 0 Å². The highest BCUT2D eigenvalue weighted by Crippen LogP contribution is 2.22. The lowest BCUT2D eigenvalue weighted by molar-refractivity contribution is 0.102. The van der Waals surface area contributed by atoms with E-state index in [4.69, 9.17) is 16.3 Å². The van der Waals surface area contributed by atoms with Crippen LogP contribution in [0.3, 0.4) is 0 Å². The zero-order chi connectivity index (χ0) is 14.8. The molecule has 1 N–H and O–H groups in total. The van der Waals surface area contributed by atoms with E-state index in [0.717, 1.165) is 6.42 Å². The summed E-state index contributed by atoms with van der Waals surface area (Å²) in [6.45, 7) is 1.31. The first-order valence-electron chi connectivity index (χ1n) is 6.52. The van der Waals surface area contributed by atoms with Crippen molar-refractivity contribution < 1.29 is 13.9 Å². The zero-order valence-electron chi connectivity index (χ0n) is 11.1. The van der Waals surface area contributed by atoms with Crippen LogP contribution in [0.25, 0.3) is 0 Å². The van der Waals surface area contributed by atoms with Gasteiger partial charge in [-0.2, -0.15) is 5.10 Å². The molecule has 1 aromatic carbocycles. The topological polar surface area (TPSA) is 56.2 Å². The smallest absolute Gasteiger partial charge is 0.260 e. The van der Waals surface area contributed by atoms with Crippen molar-refractivity contribution in [2.75, 3.05) is 18.5 Å². The molecule has 0 aliphatic carbocycles. The van der Waals surface area contributed by atoms with E-state index < -0.39 is 11.7 Å². The van der Waals surface area contributed by atoms with Crippen molar-refractivity contribution in [1.82, 2.24) is 9.78 Å². The Morgan fingerprint density at radius 3 is 3.10 bits per heavy atom. The number of carbonyl (C=O) groups is 1. The summed E-state index contributed by atoms with van der Waals surface area (Å²) in [6.07, 6.45) is 4.10. The van der Waals surface area contributed by atoms with E-state index in [1.807, 2.05) is 0 Å². The average Bonchev–Trinajstić information content (AvgIpc) is 3.08. The molecule has 3 rings (SSSR count). The monoisotopic (exact) mass is 309 g/mol. The van der Waals surface area contributed by atoms with E-state index >= 15 is 0 Å². The Kier molecular flexibility index (Phi) is 3.90. The molecule has 2 heterocycles. The summed E-state index contributed by atoms with van der Waals surface area (Å²) in [6, 6.07) is 4.29. The highest BCUT2D eigenvalue weighted by Gasteiger charge is 2.20. The van der Waals surface area contributed by atoms with Crippen LogP contribution >= 0.6 is 11.6 Å². The molecular weight excluding hydrogens is 297 g/mol. The molecule has 1 fully saturated rings. The Balaban J connectivity index is 1.76. The van der Waals surface area contributed by atoms with Gasteiger partial charge < -0.3 is 10.1 Å². The fourth-order valence-electron chi connectivity index (χ4n) is 2.24. The van der Waals surface area contributed by atoms with Crippen molar-refractivity contribution in [3.8, 4) is 0 Å². The molecule has 0 saturated carbocycles. The van der Waals surface area contributed by atoms with Crippen LogP contribution in [0.4, 0.5) is 10.1 Å². The summed E-state index contributed by atoms with van der Waals surface area (Å²) in [5.41, 5.74) is 0.322. The van der Waals surface area contributed by atoms with Gasteiger partial charge in [-0.05, 0) is 18.6 Å². The number of ether oxygens (including phenoxy) is 1. The highest BCUT2D eigenvalue weighted by molar-refractivity contribution is 6.34. The van der Waals surface area contributed by atoms with E-state index in [1.54, 1.807) is 10.9 Å². The van der Waals surface area contributed by atoms with Gasteiger partial charge in [0.15, 0.2) is 0 Å². The number of anilines is 1. The second-order valence-electron chi connectivity index (χ2n) is 4.78. The Morgan fingerprint density at radius 1 is 1.52 bits per heavy atom. The van der Waals surface area contributed by atoms with Crippen molar-refractivity contribution in [3.63, 3.8) is 0 Å². The molecule has 21 heavy (non-hydrogen) atoms. The van der Waals surface area contributed by atoms with E-state index in [0.29, 0.717) is 18.9 Å². The highest BCUT2D eigenvalue weighted by atomic mass is 35.5. The number of rotatable bonds is 3. The van der Waals surface area contributed by atoms with Crippen molar-refractivity contribution in [2.24, 2.45) is 0 Å². The summed E-state index contributed by atoms with van der Waals surface area (Å²) >= 11 is 5.86. The molecule has 1 aliphatic heterocycles. The molecule has 1 aromatic heterocycles. The van der Waals surface area contributed by atoms with Crippen molar-refractivity contribution in [3.05, 3.63) is 47.0 Å². The molecular formula is C14H13ClFN3O2. The first-order chi connectivity index (χ1) is 10.1. The van der Waals surface area contributed by atoms with Crippen LogP contribution in [0.2, 0.25) is 5.02 Å². The third-order valence-electron chi connectivity index (χ3n) is 3.33. The molecule has 0 unspecified atom stereocenters. The Bertz CT molecular complexity index is 648. The normalized spacial score (nSPS) is 17.9. The van der Waals surface area contributed by atoms with Gasteiger partial charge in [0.1, 0.15) is 5.82 Å². The molecule has 0 spiro atoms. The second-order valence-corrected chi connectivity index (χ2v) is 5.18. The van der Waals surface area contributed by atoms with E-state index in [1.165, 1.54) is 24.4 Å². The zero-order valence-corrected chi connectivity index (χ0v) is 11.8. The lowest BCUT2D eigenvalue weighted by atomic mass is 10.2. The van der Waals surface area contributed by atoms with Crippen LogP contribution in [-0.4, -0.2) is 28.9 Å². The first-order valence-corrected chi connectivity index (χ1v) is 6.90. The molecule has 2 aromatic rings. The molecule has 1 aliphatic rings. The predicted octanol–water partition coefficient (Wildman–Crippen LogP) is 2.89. The van der Waals surface area contributed by atoms with E-state index in [2.05, 4.69) is 10.4 Å². The van der Waals surface area contributed by atoms with Crippen LogP contribution < -0.4 is 5.32 Å². The van der Waals surface area contributed by atoms with Gasteiger partial charge in [0.25, 0.3) is 5.91 Å². The minimum absolute atomic E-state index is 0.0732. The lowest BCUT2D eigenvalue weighted by Crippen LogP contribution is -2.14. The van der Waals surface area contributed by atoms with E-state index in [9.17, 15) is 9.18 Å². The van der Waals surface area contributed by atoms with Crippen LogP contribution in [0.5, 0.6) is 0 Å². The molecule has 110 valence electrons. The SMILES string of the molecule is O=C(Nc1cnn([C@@H]2CCOC2)c1)c1c(F)cccc1Cl. The number of hydrogen-bond donors (Lipinski definition) is 1. The minimum Gasteiger partial charge on any atom is -0.379 e. The molecule has 1 atom stereocenters. The Hall–Kier alpha value is -1.92. The van der Waals surface area contributed by atoms with Crippen LogP contribution in [0, 0.1) is 5.82 Å².